The van der Waals surface area contributed by atoms with Crippen LogP contribution in [-0.2, 0) is 14.8 Å². The zero-order valence-corrected chi connectivity index (χ0v) is 13.8. The van der Waals surface area contributed by atoms with Gasteiger partial charge in [0.25, 0.3) is 0 Å². The third-order valence-corrected chi connectivity index (χ3v) is 4.96. The summed E-state index contributed by atoms with van der Waals surface area (Å²) in [5.74, 6) is 0.569. The fourth-order valence-corrected chi connectivity index (χ4v) is 2.94. The lowest BCUT2D eigenvalue weighted by molar-refractivity contribution is -0.132. The Balaban J connectivity index is 2.58. The maximum atomic E-state index is 12.2. The average molecular weight is 305 g/mol. The van der Waals surface area contributed by atoms with Gasteiger partial charge in [-0.25, -0.2) is 8.42 Å². The lowest BCUT2D eigenvalue weighted by Crippen LogP contribution is -2.46. The molecule has 1 heterocycles. The van der Waals surface area contributed by atoms with E-state index in [1.54, 1.807) is 4.90 Å². The normalized spacial score (nSPS) is 18.0. The molecule has 1 saturated heterocycles. The first kappa shape index (κ1) is 17.4. The number of hydrogen-bond donors (Lipinski definition) is 0. The summed E-state index contributed by atoms with van der Waals surface area (Å²) in [6.07, 6.45) is 3.17. The van der Waals surface area contributed by atoms with Crippen molar-refractivity contribution in [3.8, 4) is 0 Å². The maximum absolute atomic E-state index is 12.2. The summed E-state index contributed by atoms with van der Waals surface area (Å²) in [7, 11) is 0.421. The molecule has 0 unspecified atom stereocenters. The zero-order chi connectivity index (χ0) is 15.3. The average Bonchev–Trinajstić information content (AvgIpc) is 2.33. The highest BCUT2D eigenvalue weighted by Crippen LogP contribution is 2.16. The van der Waals surface area contributed by atoms with E-state index >= 15 is 0 Å². The van der Waals surface area contributed by atoms with Crippen molar-refractivity contribution >= 4 is 15.9 Å². The second kappa shape index (κ2) is 7.38. The van der Waals surface area contributed by atoms with Crippen LogP contribution < -0.4 is 0 Å². The van der Waals surface area contributed by atoms with Crippen LogP contribution in [0.1, 0.15) is 19.8 Å². The Bertz CT molecular complexity index is 415. The number of rotatable bonds is 6. The van der Waals surface area contributed by atoms with Gasteiger partial charge >= 0.3 is 0 Å². The highest BCUT2D eigenvalue weighted by Gasteiger charge is 2.25. The van der Waals surface area contributed by atoms with Crippen LogP contribution in [0, 0.1) is 5.92 Å². The third kappa shape index (κ3) is 5.76. The van der Waals surface area contributed by atoms with Crippen LogP contribution >= 0.6 is 0 Å². The van der Waals surface area contributed by atoms with E-state index in [0.29, 0.717) is 19.0 Å². The van der Waals surface area contributed by atoms with Gasteiger partial charge in [0.1, 0.15) is 0 Å². The molecule has 1 amide bonds. The lowest BCUT2D eigenvalue weighted by atomic mass is 9.99. The molecule has 1 fully saturated rings. The van der Waals surface area contributed by atoms with E-state index in [9.17, 15) is 13.2 Å². The summed E-state index contributed by atoms with van der Waals surface area (Å²) >= 11 is 0. The van der Waals surface area contributed by atoms with Gasteiger partial charge in [-0.15, -0.1) is 0 Å². The van der Waals surface area contributed by atoms with Crippen molar-refractivity contribution in [3.05, 3.63) is 0 Å². The Labute approximate surface area is 122 Å². The standard InChI is InChI=1S/C13H27N3O3S/c1-12-5-7-15(8-6-12)13(17)11-16(20(4,18)19)10-9-14(2)3/h12H,5-11H2,1-4H3. The van der Waals surface area contributed by atoms with Gasteiger partial charge in [-0.05, 0) is 32.9 Å². The first-order valence-electron chi connectivity index (χ1n) is 7.07. The van der Waals surface area contributed by atoms with Crippen molar-refractivity contribution in [2.75, 3.05) is 53.1 Å². The Hall–Kier alpha value is -0.660. The van der Waals surface area contributed by atoms with Gasteiger partial charge in [-0.2, -0.15) is 4.31 Å². The molecule has 6 nitrogen and oxygen atoms in total. The van der Waals surface area contributed by atoms with Crippen LogP contribution in [0.25, 0.3) is 0 Å². The van der Waals surface area contributed by atoms with Crippen LogP contribution in [-0.4, -0.2) is 81.5 Å². The van der Waals surface area contributed by atoms with Gasteiger partial charge < -0.3 is 9.80 Å². The minimum atomic E-state index is -3.35. The van der Waals surface area contributed by atoms with Crippen molar-refractivity contribution in [1.82, 2.24) is 14.1 Å². The predicted molar refractivity (Wildman–Crippen MR) is 79.9 cm³/mol. The fourth-order valence-electron chi connectivity index (χ4n) is 2.18. The van der Waals surface area contributed by atoms with Gasteiger partial charge in [0.05, 0.1) is 12.8 Å². The molecule has 0 saturated carbocycles. The van der Waals surface area contributed by atoms with Crippen molar-refractivity contribution in [1.29, 1.82) is 0 Å². The number of hydrogen-bond acceptors (Lipinski definition) is 4. The Morgan fingerprint density at radius 3 is 2.20 bits per heavy atom. The summed E-state index contributed by atoms with van der Waals surface area (Å²) in [6, 6.07) is 0. The Morgan fingerprint density at radius 2 is 1.75 bits per heavy atom. The van der Waals surface area contributed by atoms with Crippen molar-refractivity contribution in [2.24, 2.45) is 5.92 Å². The number of likely N-dealkylation sites (N-methyl/N-ethyl adjacent to an activating group) is 1. The SMILES string of the molecule is CC1CCN(C(=O)CN(CCN(C)C)S(C)(=O)=O)CC1. The molecule has 7 heteroatoms. The minimum Gasteiger partial charge on any atom is -0.342 e. The van der Waals surface area contributed by atoms with E-state index in [1.807, 2.05) is 19.0 Å². The number of carbonyl (C=O) groups is 1. The molecule has 0 bridgehead atoms. The minimum absolute atomic E-state index is 0.0406. The van der Waals surface area contributed by atoms with E-state index in [2.05, 4.69) is 6.92 Å². The molecule has 118 valence electrons. The smallest absolute Gasteiger partial charge is 0.237 e. The Kier molecular flexibility index (Phi) is 6.42. The highest BCUT2D eigenvalue weighted by molar-refractivity contribution is 7.88. The molecular weight excluding hydrogens is 278 g/mol. The van der Waals surface area contributed by atoms with E-state index in [0.717, 1.165) is 32.2 Å². The fraction of sp³-hybridized carbons (Fsp3) is 0.923. The molecule has 0 atom stereocenters. The topological polar surface area (TPSA) is 60.9 Å². The summed E-state index contributed by atoms with van der Waals surface area (Å²) in [5, 5.41) is 0. The van der Waals surface area contributed by atoms with Crippen LogP contribution in [0.15, 0.2) is 0 Å². The van der Waals surface area contributed by atoms with Crippen LogP contribution in [0.2, 0.25) is 0 Å². The van der Waals surface area contributed by atoms with Gasteiger partial charge in [0.2, 0.25) is 15.9 Å². The van der Waals surface area contributed by atoms with Crippen molar-refractivity contribution in [3.63, 3.8) is 0 Å². The van der Waals surface area contributed by atoms with Gasteiger partial charge in [0, 0.05) is 26.2 Å². The molecule has 20 heavy (non-hydrogen) atoms. The van der Waals surface area contributed by atoms with E-state index in [-0.39, 0.29) is 12.5 Å². The molecule has 0 aromatic heterocycles. The van der Waals surface area contributed by atoms with Crippen LogP contribution in [0.4, 0.5) is 0 Å². The quantitative estimate of drug-likeness (QED) is 0.697. The van der Waals surface area contributed by atoms with E-state index in [4.69, 9.17) is 0 Å². The molecule has 0 aromatic carbocycles. The first-order chi connectivity index (χ1) is 9.20. The van der Waals surface area contributed by atoms with Gasteiger partial charge in [-0.3, -0.25) is 4.79 Å². The van der Waals surface area contributed by atoms with Crippen molar-refractivity contribution in [2.45, 2.75) is 19.8 Å². The van der Waals surface area contributed by atoms with Gasteiger partial charge in [-0.1, -0.05) is 6.92 Å². The number of sulfonamides is 1. The molecule has 0 spiro atoms. The number of carbonyl (C=O) groups excluding carboxylic acids is 1. The van der Waals surface area contributed by atoms with Crippen LogP contribution in [0.5, 0.6) is 0 Å². The van der Waals surface area contributed by atoms with Crippen molar-refractivity contribution < 1.29 is 13.2 Å². The largest absolute Gasteiger partial charge is 0.342 e. The van der Waals surface area contributed by atoms with E-state index in [1.165, 1.54) is 4.31 Å². The third-order valence-electron chi connectivity index (χ3n) is 3.71. The monoisotopic (exact) mass is 305 g/mol. The molecule has 1 rings (SSSR count). The lowest BCUT2D eigenvalue weighted by Gasteiger charge is -2.32. The second-order valence-electron chi connectivity index (χ2n) is 5.96. The molecule has 1 aliphatic rings. The van der Waals surface area contributed by atoms with Gasteiger partial charge in [0.15, 0.2) is 0 Å². The summed E-state index contributed by atoms with van der Waals surface area (Å²) in [5.41, 5.74) is 0. The highest BCUT2D eigenvalue weighted by atomic mass is 32.2. The first-order valence-corrected chi connectivity index (χ1v) is 8.92. The molecular formula is C13H27N3O3S. The zero-order valence-electron chi connectivity index (χ0n) is 13.0. The summed E-state index contributed by atoms with van der Waals surface area (Å²) in [4.78, 5) is 15.9. The number of piperidine rings is 1. The summed E-state index contributed by atoms with van der Waals surface area (Å²) < 4.78 is 24.8. The molecule has 1 aliphatic heterocycles. The van der Waals surface area contributed by atoms with E-state index < -0.39 is 10.0 Å². The Morgan fingerprint density at radius 1 is 1.20 bits per heavy atom. The number of likely N-dealkylation sites (tertiary alicyclic amines) is 1. The molecule has 0 aliphatic carbocycles. The maximum Gasteiger partial charge on any atom is 0.237 e. The van der Waals surface area contributed by atoms with Crippen LogP contribution in [0.3, 0.4) is 0 Å². The predicted octanol–water partition coefficient (Wildman–Crippen LogP) is 0.0681. The molecule has 0 N–H and O–H groups in total. The second-order valence-corrected chi connectivity index (χ2v) is 7.95. The molecule has 0 radical (unpaired) electrons. The number of nitrogens with zero attached hydrogens (tertiary/aromatic N) is 3. The summed E-state index contributed by atoms with van der Waals surface area (Å²) in [6.45, 7) is 4.58. The molecule has 0 aromatic rings. The number of amides is 1.